The number of carbonyl (C=O) groups excluding carboxylic acids is 3. The molecule has 3 fully saturated rings. The molecule has 2 heterocycles. The van der Waals surface area contributed by atoms with E-state index >= 15 is 0 Å². The minimum atomic E-state index is -0.649. The van der Waals surface area contributed by atoms with Crippen LogP contribution in [0.5, 0.6) is 0 Å². The van der Waals surface area contributed by atoms with E-state index in [0.717, 1.165) is 26.1 Å². The van der Waals surface area contributed by atoms with Gasteiger partial charge in [0.25, 0.3) is 0 Å². The molecule has 2 aliphatic heterocycles. The summed E-state index contributed by atoms with van der Waals surface area (Å²) in [7, 11) is 0. The average Bonchev–Trinajstić information content (AvgIpc) is 3.63. The fraction of sp³-hybridized carbons (Fsp3) is 0.667. The molecular formula is C27H38Cl2N4O4. The van der Waals surface area contributed by atoms with Crippen LogP contribution in [0.4, 0.5) is 10.5 Å². The number of carbonyl (C=O) groups is 3. The van der Waals surface area contributed by atoms with Gasteiger partial charge in [0, 0.05) is 25.3 Å². The summed E-state index contributed by atoms with van der Waals surface area (Å²) in [5.41, 5.74) is 1.12. The van der Waals surface area contributed by atoms with Gasteiger partial charge in [0.2, 0.25) is 5.91 Å². The highest BCUT2D eigenvalue weighted by Gasteiger charge is 2.44. The van der Waals surface area contributed by atoms with Crippen LogP contribution in [0.2, 0.25) is 10.0 Å². The molecule has 3 aliphatic rings. The van der Waals surface area contributed by atoms with Crippen molar-refractivity contribution >= 4 is 46.8 Å². The highest BCUT2D eigenvalue weighted by molar-refractivity contribution is 6.42. The van der Waals surface area contributed by atoms with E-state index in [-0.39, 0.29) is 36.5 Å². The number of ether oxygens (including phenoxy) is 1. The van der Waals surface area contributed by atoms with Crippen LogP contribution in [0.25, 0.3) is 0 Å². The maximum absolute atomic E-state index is 13.5. The number of urea groups is 1. The predicted octanol–water partition coefficient (Wildman–Crippen LogP) is 4.89. The molecule has 10 heteroatoms. The molecule has 37 heavy (non-hydrogen) atoms. The Morgan fingerprint density at radius 2 is 1.78 bits per heavy atom. The van der Waals surface area contributed by atoms with E-state index in [1.54, 1.807) is 43.9 Å². The molecule has 2 saturated heterocycles. The van der Waals surface area contributed by atoms with Gasteiger partial charge in [-0.3, -0.25) is 9.59 Å². The van der Waals surface area contributed by atoms with E-state index < -0.39 is 6.04 Å². The Morgan fingerprint density at radius 1 is 1.08 bits per heavy atom. The summed E-state index contributed by atoms with van der Waals surface area (Å²) in [5.74, 6) is -0.635. The molecule has 1 spiro atoms. The maximum Gasteiger partial charge on any atom is 0.322 e. The lowest BCUT2D eigenvalue weighted by atomic mass is 9.93. The predicted molar refractivity (Wildman–Crippen MR) is 145 cm³/mol. The topological polar surface area (TPSA) is 82.2 Å². The van der Waals surface area contributed by atoms with E-state index in [1.165, 1.54) is 30.6 Å². The molecule has 0 bridgehead atoms. The second kappa shape index (κ2) is 11.8. The van der Waals surface area contributed by atoms with Crippen LogP contribution in [0.1, 0.15) is 52.9 Å². The van der Waals surface area contributed by atoms with Gasteiger partial charge in [0.05, 0.1) is 22.0 Å². The third-order valence-corrected chi connectivity index (χ3v) is 8.84. The number of nitrogens with zero attached hydrogens (tertiary/aromatic N) is 3. The molecule has 0 aromatic heterocycles. The lowest BCUT2D eigenvalue weighted by Gasteiger charge is -2.43. The normalized spacial score (nSPS) is 22.3. The number of piperazine rings is 1. The van der Waals surface area contributed by atoms with Crippen molar-refractivity contribution < 1.29 is 19.1 Å². The van der Waals surface area contributed by atoms with E-state index in [1.807, 2.05) is 0 Å². The molecule has 0 unspecified atom stereocenters. The zero-order valence-electron chi connectivity index (χ0n) is 22.0. The molecular weight excluding hydrogens is 515 g/mol. The monoisotopic (exact) mass is 552 g/mol. The average molecular weight is 554 g/mol. The third-order valence-electron chi connectivity index (χ3n) is 8.10. The molecule has 2 atom stereocenters. The summed E-state index contributed by atoms with van der Waals surface area (Å²) in [4.78, 5) is 44.4. The molecule has 1 saturated carbocycles. The van der Waals surface area contributed by atoms with Crippen molar-refractivity contribution in [2.75, 3.05) is 44.6 Å². The molecule has 8 nitrogen and oxygen atoms in total. The Bertz CT molecular complexity index is 1010. The largest absolute Gasteiger partial charge is 0.463 e. The Balaban J connectivity index is 1.37. The van der Waals surface area contributed by atoms with Gasteiger partial charge in [-0.05, 0) is 75.7 Å². The minimum absolute atomic E-state index is 0.142. The molecule has 204 valence electrons. The number of rotatable bonds is 8. The van der Waals surface area contributed by atoms with Gasteiger partial charge in [-0.15, -0.1) is 0 Å². The fourth-order valence-corrected chi connectivity index (χ4v) is 5.53. The van der Waals surface area contributed by atoms with Gasteiger partial charge < -0.3 is 24.8 Å². The van der Waals surface area contributed by atoms with Crippen LogP contribution in [-0.2, 0) is 14.3 Å². The Morgan fingerprint density at radius 3 is 2.41 bits per heavy atom. The highest BCUT2D eigenvalue weighted by atomic mass is 35.5. The maximum atomic E-state index is 13.5. The molecule has 1 aromatic carbocycles. The van der Waals surface area contributed by atoms with Crippen molar-refractivity contribution in [3.63, 3.8) is 0 Å². The minimum Gasteiger partial charge on any atom is -0.463 e. The first-order valence-electron chi connectivity index (χ1n) is 13.3. The van der Waals surface area contributed by atoms with Crippen molar-refractivity contribution in [3.8, 4) is 0 Å². The van der Waals surface area contributed by atoms with E-state index in [2.05, 4.69) is 10.2 Å². The number of hydrogen-bond acceptors (Lipinski definition) is 5. The molecule has 1 aliphatic carbocycles. The number of likely N-dealkylation sites (tertiary alicyclic amines) is 1. The number of esters is 1. The summed E-state index contributed by atoms with van der Waals surface area (Å²) in [6.07, 6.45) is 5.96. The standard InChI is InChI=1S/C27H38Cl2N4O4/c1-18(2)25(35)37-17-21(6-11-31-12-9-27(7-8-27)10-13-31)33-15-14-32(19(3)24(33)34)26(36)30-20-4-5-22(28)23(29)16-20/h4-5,16,18-19,21H,6-15,17H2,1-3H3,(H,30,36)/t19-,21-/m0/s1. The molecule has 3 amide bonds. The van der Waals surface area contributed by atoms with Crippen LogP contribution in [0, 0.1) is 11.3 Å². The highest BCUT2D eigenvalue weighted by Crippen LogP contribution is 2.53. The van der Waals surface area contributed by atoms with Crippen LogP contribution < -0.4 is 5.32 Å². The van der Waals surface area contributed by atoms with Crippen LogP contribution in [0.15, 0.2) is 18.2 Å². The van der Waals surface area contributed by atoms with Crippen LogP contribution in [-0.4, -0.2) is 84.0 Å². The quantitative estimate of drug-likeness (QED) is 0.464. The Labute approximate surface area is 229 Å². The zero-order chi connectivity index (χ0) is 26.7. The van der Waals surface area contributed by atoms with Gasteiger partial charge in [0.1, 0.15) is 12.6 Å². The second-order valence-electron chi connectivity index (χ2n) is 11.0. The number of hydrogen-bond donors (Lipinski definition) is 1. The van der Waals surface area contributed by atoms with Gasteiger partial charge in [-0.2, -0.15) is 0 Å². The van der Waals surface area contributed by atoms with Crippen LogP contribution >= 0.6 is 23.2 Å². The number of amides is 3. The summed E-state index contributed by atoms with van der Waals surface area (Å²) in [6, 6.07) is 3.61. The number of piperidine rings is 1. The first kappa shape index (κ1) is 28.0. The number of nitrogens with one attached hydrogen (secondary N) is 1. The summed E-state index contributed by atoms with van der Waals surface area (Å²) >= 11 is 12.0. The number of benzene rings is 1. The van der Waals surface area contributed by atoms with Crippen molar-refractivity contribution in [2.45, 2.75) is 65.0 Å². The first-order chi connectivity index (χ1) is 17.6. The third kappa shape index (κ3) is 6.89. The summed E-state index contributed by atoms with van der Waals surface area (Å²) in [5, 5.41) is 3.55. The zero-order valence-corrected chi connectivity index (χ0v) is 23.5. The van der Waals surface area contributed by atoms with E-state index in [9.17, 15) is 14.4 Å². The van der Waals surface area contributed by atoms with E-state index in [4.69, 9.17) is 27.9 Å². The van der Waals surface area contributed by atoms with Crippen molar-refractivity contribution in [2.24, 2.45) is 11.3 Å². The molecule has 1 N–H and O–H groups in total. The van der Waals surface area contributed by atoms with E-state index in [0.29, 0.717) is 34.2 Å². The Kier molecular flexibility index (Phi) is 8.92. The van der Waals surface area contributed by atoms with Gasteiger partial charge in [0.15, 0.2) is 0 Å². The van der Waals surface area contributed by atoms with Crippen molar-refractivity contribution in [3.05, 3.63) is 28.2 Å². The lowest BCUT2D eigenvalue weighted by Crippen LogP contribution is -2.61. The van der Waals surface area contributed by atoms with Gasteiger partial charge in [-0.1, -0.05) is 37.0 Å². The van der Waals surface area contributed by atoms with Crippen molar-refractivity contribution in [1.29, 1.82) is 0 Å². The Hall–Kier alpha value is -2.03. The molecule has 0 radical (unpaired) electrons. The number of halogens is 2. The SMILES string of the molecule is CC(C)C(=O)OC[C@H](CCN1CCC2(CC1)CC2)N1CCN(C(=O)Nc2ccc(Cl)c(Cl)c2)[C@@H](C)C1=O. The number of anilines is 1. The van der Waals surface area contributed by atoms with Gasteiger partial charge >= 0.3 is 12.0 Å². The van der Waals surface area contributed by atoms with Crippen molar-refractivity contribution in [1.82, 2.24) is 14.7 Å². The first-order valence-corrected chi connectivity index (χ1v) is 14.1. The fourth-order valence-electron chi connectivity index (χ4n) is 5.24. The van der Waals surface area contributed by atoms with Gasteiger partial charge in [-0.25, -0.2) is 4.79 Å². The second-order valence-corrected chi connectivity index (χ2v) is 11.8. The smallest absolute Gasteiger partial charge is 0.322 e. The molecule has 1 aromatic rings. The molecule has 4 rings (SSSR count). The lowest BCUT2D eigenvalue weighted by molar-refractivity contribution is -0.154. The summed E-state index contributed by atoms with van der Waals surface area (Å²) in [6.45, 7) is 9.31. The van der Waals surface area contributed by atoms with Crippen LogP contribution in [0.3, 0.4) is 0 Å². The summed E-state index contributed by atoms with van der Waals surface area (Å²) < 4.78 is 5.59.